The first-order valence-corrected chi connectivity index (χ1v) is 7.55. The first-order chi connectivity index (χ1) is 10.1. The number of ether oxygens (including phenoxy) is 1. The number of amides is 2. The summed E-state index contributed by atoms with van der Waals surface area (Å²) in [6.45, 7) is 4.99. The molecule has 0 aromatic heterocycles. The van der Waals surface area contributed by atoms with Gasteiger partial charge in [-0.15, -0.1) is 0 Å². The van der Waals surface area contributed by atoms with Crippen LogP contribution in [0.15, 0.2) is 18.2 Å². The smallest absolute Gasteiger partial charge is 0.315 e. The Morgan fingerprint density at radius 3 is 2.81 bits per heavy atom. The number of urea groups is 1. The summed E-state index contributed by atoms with van der Waals surface area (Å²) in [6, 6.07) is 4.98. The van der Waals surface area contributed by atoms with E-state index in [-0.39, 0.29) is 12.6 Å². The highest BCUT2D eigenvalue weighted by atomic mass is 35.5. The van der Waals surface area contributed by atoms with E-state index in [1.807, 2.05) is 19.9 Å². The molecule has 0 radical (unpaired) electrons. The van der Waals surface area contributed by atoms with E-state index in [1.54, 1.807) is 12.1 Å². The Balaban J connectivity index is 2.45. The Labute approximate surface area is 130 Å². The van der Waals surface area contributed by atoms with Crippen molar-refractivity contribution in [2.45, 2.75) is 39.3 Å². The van der Waals surface area contributed by atoms with Gasteiger partial charge in [-0.1, -0.05) is 31.0 Å². The monoisotopic (exact) mass is 314 g/mol. The fourth-order valence-corrected chi connectivity index (χ4v) is 2.01. The van der Waals surface area contributed by atoms with E-state index in [0.717, 1.165) is 12.0 Å². The zero-order valence-corrected chi connectivity index (χ0v) is 13.2. The third-order valence-corrected chi connectivity index (χ3v) is 3.12. The number of carbonyl (C=O) groups is 1. The molecule has 118 valence electrons. The molecule has 0 fully saturated rings. The minimum atomic E-state index is -0.504. The lowest BCUT2D eigenvalue weighted by molar-refractivity contribution is 0.160. The molecule has 6 heteroatoms. The van der Waals surface area contributed by atoms with Crippen LogP contribution in [0.5, 0.6) is 5.75 Å². The van der Waals surface area contributed by atoms with Gasteiger partial charge in [0, 0.05) is 23.7 Å². The van der Waals surface area contributed by atoms with Crippen molar-refractivity contribution in [1.82, 2.24) is 10.6 Å². The molecule has 3 N–H and O–H groups in total. The Bertz CT molecular complexity index is 455. The van der Waals surface area contributed by atoms with Crippen LogP contribution in [-0.4, -0.2) is 30.4 Å². The largest absolute Gasteiger partial charge is 0.493 e. The first-order valence-electron chi connectivity index (χ1n) is 7.17. The SMILES string of the molecule is CCCC(O)CNC(=O)NCc1ccc(Cl)cc1OCC. The van der Waals surface area contributed by atoms with E-state index >= 15 is 0 Å². The molecule has 0 heterocycles. The van der Waals surface area contributed by atoms with Crippen molar-refractivity contribution in [2.75, 3.05) is 13.2 Å². The number of halogens is 1. The molecule has 0 aliphatic rings. The Kier molecular flexibility index (Phi) is 7.93. The number of carbonyl (C=O) groups excluding carboxylic acids is 1. The number of hydrogen-bond acceptors (Lipinski definition) is 3. The fraction of sp³-hybridized carbons (Fsp3) is 0.533. The number of aliphatic hydroxyl groups excluding tert-OH is 1. The van der Waals surface area contributed by atoms with Gasteiger partial charge in [0.1, 0.15) is 5.75 Å². The molecule has 0 aliphatic carbocycles. The average Bonchev–Trinajstić information content (AvgIpc) is 2.45. The van der Waals surface area contributed by atoms with Crippen LogP contribution in [0.25, 0.3) is 0 Å². The number of nitrogens with one attached hydrogen (secondary N) is 2. The molecule has 5 nitrogen and oxygen atoms in total. The summed E-state index contributed by atoms with van der Waals surface area (Å²) in [7, 11) is 0. The number of rotatable bonds is 8. The molecule has 1 aromatic rings. The molecule has 1 aromatic carbocycles. The molecule has 0 saturated heterocycles. The summed E-state index contributed by atoms with van der Waals surface area (Å²) >= 11 is 5.92. The van der Waals surface area contributed by atoms with E-state index in [2.05, 4.69) is 10.6 Å². The molecule has 0 spiro atoms. The molecule has 1 unspecified atom stereocenters. The van der Waals surface area contributed by atoms with Crippen LogP contribution in [0.1, 0.15) is 32.3 Å². The molecule has 0 aliphatic heterocycles. The van der Waals surface area contributed by atoms with Crippen molar-refractivity contribution in [3.8, 4) is 5.75 Å². The lowest BCUT2D eigenvalue weighted by Gasteiger charge is -2.13. The van der Waals surface area contributed by atoms with Gasteiger partial charge in [-0.3, -0.25) is 0 Å². The van der Waals surface area contributed by atoms with Gasteiger partial charge in [-0.2, -0.15) is 0 Å². The number of hydrogen-bond donors (Lipinski definition) is 3. The topological polar surface area (TPSA) is 70.6 Å². The van der Waals surface area contributed by atoms with Gasteiger partial charge in [-0.05, 0) is 25.5 Å². The summed E-state index contributed by atoms with van der Waals surface area (Å²) in [5, 5.41) is 15.5. The Hall–Kier alpha value is -1.46. The van der Waals surface area contributed by atoms with Crippen LogP contribution in [0.3, 0.4) is 0 Å². The van der Waals surface area contributed by atoms with E-state index in [4.69, 9.17) is 16.3 Å². The molecule has 2 amide bonds. The lowest BCUT2D eigenvalue weighted by Crippen LogP contribution is -2.39. The quantitative estimate of drug-likeness (QED) is 0.691. The highest BCUT2D eigenvalue weighted by molar-refractivity contribution is 6.30. The van der Waals surface area contributed by atoms with Gasteiger partial charge in [-0.25, -0.2) is 4.79 Å². The van der Waals surface area contributed by atoms with Crippen molar-refractivity contribution < 1.29 is 14.6 Å². The van der Waals surface area contributed by atoms with Gasteiger partial charge in [0.05, 0.1) is 12.7 Å². The number of aliphatic hydroxyl groups is 1. The summed E-state index contributed by atoms with van der Waals surface area (Å²) in [4.78, 5) is 11.7. The van der Waals surface area contributed by atoms with Gasteiger partial charge >= 0.3 is 6.03 Å². The van der Waals surface area contributed by atoms with Crippen molar-refractivity contribution in [3.05, 3.63) is 28.8 Å². The predicted octanol–water partition coefficient (Wildman–Crippen LogP) is 2.70. The summed E-state index contributed by atoms with van der Waals surface area (Å²) in [5.74, 6) is 0.663. The number of benzene rings is 1. The zero-order chi connectivity index (χ0) is 15.7. The minimum absolute atomic E-state index is 0.249. The van der Waals surface area contributed by atoms with Gasteiger partial charge < -0.3 is 20.5 Å². The zero-order valence-electron chi connectivity index (χ0n) is 12.5. The Morgan fingerprint density at radius 1 is 1.38 bits per heavy atom. The molecular weight excluding hydrogens is 292 g/mol. The normalized spacial score (nSPS) is 11.8. The second-order valence-corrected chi connectivity index (χ2v) is 5.13. The van der Waals surface area contributed by atoms with Gasteiger partial charge in [0.25, 0.3) is 0 Å². The predicted molar refractivity (Wildman–Crippen MR) is 83.8 cm³/mol. The third-order valence-electron chi connectivity index (χ3n) is 2.89. The van der Waals surface area contributed by atoms with E-state index in [0.29, 0.717) is 30.3 Å². The van der Waals surface area contributed by atoms with Crippen molar-refractivity contribution in [1.29, 1.82) is 0 Å². The van der Waals surface area contributed by atoms with Crippen LogP contribution < -0.4 is 15.4 Å². The summed E-state index contributed by atoms with van der Waals surface area (Å²) < 4.78 is 5.48. The van der Waals surface area contributed by atoms with Crippen LogP contribution in [0.4, 0.5) is 4.79 Å². The molecule has 1 rings (SSSR count). The molecule has 1 atom stereocenters. The van der Waals surface area contributed by atoms with E-state index in [9.17, 15) is 9.90 Å². The van der Waals surface area contributed by atoms with E-state index < -0.39 is 6.10 Å². The third kappa shape index (κ3) is 6.69. The highest BCUT2D eigenvalue weighted by Gasteiger charge is 2.08. The second-order valence-electron chi connectivity index (χ2n) is 4.69. The van der Waals surface area contributed by atoms with Crippen molar-refractivity contribution >= 4 is 17.6 Å². The maximum Gasteiger partial charge on any atom is 0.315 e. The first kappa shape index (κ1) is 17.6. The molecule has 21 heavy (non-hydrogen) atoms. The maximum absolute atomic E-state index is 11.7. The van der Waals surface area contributed by atoms with Gasteiger partial charge in [0.2, 0.25) is 0 Å². The van der Waals surface area contributed by atoms with Crippen LogP contribution in [0, 0.1) is 0 Å². The standard InChI is InChI=1S/C15H23ClN2O3/c1-3-5-13(19)10-18-15(20)17-9-11-6-7-12(16)8-14(11)21-4-2/h6-8,13,19H,3-5,9-10H2,1-2H3,(H2,17,18,20). The van der Waals surface area contributed by atoms with Crippen LogP contribution in [-0.2, 0) is 6.54 Å². The Morgan fingerprint density at radius 2 is 2.14 bits per heavy atom. The van der Waals surface area contributed by atoms with E-state index in [1.165, 1.54) is 0 Å². The average molecular weight is 315 g/mol. The maximum atomic E-state index is 11.7. The van der Waals surface area contributed by atoms with Crippen molar-refractivity contribution in [3.63, 3.8) is 0 Å². The second kappa shape index (κ2) is 9.47. The summed E-state index contributed by atoms with van der Waals surface area (Å²) in [5.41, 5.74) is 0.852. The summed E-state index contributed by atoms with van der Waals surface area (Å²) in [6.07, 6.45) is 1.05. The van der Waals surface area contributed by atoms with Crippen LogP contribution in [0.2, 0.25) is 5.02 Å². The van der Waals surface area contributed by atoms with Gasteiger partial charge in [0.15, 0.2) is 0 Å². The minimum Gasteiger partial charge on any atom is -0.493 e. The van der Waals surface area contributed by atoms with Crippen LogP contribution >= 0.6 is 11.6 Å². The highest BCUT2D eigenvalue weighted by Crippen LogP contribution is 2.23. The van der Waals surface area contributed by atoms with Crippen molar-refractivity contribution in [2.24, 2.45) is 0 Å². The molecular formula is C15H23ClN2O3. The molecule has 0 saturated carbocycles. The molecule has 0 bridgehead atoms. The lowest BCUT2D eigenvalue weighted by atomic mass is 10.2. The fourth-order valence-electron chi connectivity index (χ4n) is 1.85.